The number of carbonyl (C=O) groups excluding carboxylic acids is 2. The normalized spacial score (nSPS) is 18.8. The lowest BCUT2D eigenvalue weighted by atomic mass is 10.0. The number of urea groups is 1. The van der Waals surface area contributed by atoms with Crippen LogP contribution in [0.5, 0.6) is 11.5 Å². The zero-order chi connectivity index (χ0) is 21.7. The minimum absolute atomic E-state index is 0.0918. The van der Waals surface area contributed by atoms with Gasteiger partial charge in [-0.15, -0.1) is 0 Å². The average Bonchev–Trinajstić information content (AvgIpc) is 3.20. The first-order valence-corrected chi connectivity index (χ1v) is 10.3. The number of nitrogens with zero attached hydrogens (tertiary/aromatic N) is 1. The first kappa shape index (κ1) is 21.7. The smallest absolute Gasteiger partial charge is 0.326 e. The van der Waals surface area contributed by atoms with Gasteiger partial charge >= 0.3 is 12.0 Å². The van der Waals surface area contributed by atoms with Gasteiger partial charge in [0, 0.05) is 6.54 Å². The van der Waals surface area contributed by atoms with Crippen LogP contribution in [-0.2, 0) is 9.59 Å². The summed E-state index contributed by atoms with van der Waals surface area (Å²) in [5.41, 5.74) is 0.970. The molecular weight excluding hydrogens is 390 g/mol. The number of benzene rings is 1. The second-order valence-electron chi connectivity index (χ2n) is 8.00. The molecule has 1 aromatic carbocycles. The van der Waals surface area contributed by atoms with Crippen molar-refractivity contribution in [1.82, 2.24) is 15.5 Å². The molecule has 1 fully saturated rings. The summed E-state index contributed by atoms with van der Waals surface area (Å²) in [7, 11) is 0. The average molecular weight is 419 g/mol. The number of amides is 3. The molecule has 0 unspecified atom stereocenters. The van der Waals surface area contributed by atoms with Crippen LogP contribution in [0.2, 0.25) is 0 Å². The highest BCUT2D eigenvalue weighted by Gasteiger charge is 2.31. The van der Waals surface area contributed by atoms with Crippen LogP contribution in [0, 0.1) is 5.92 Å². The van der Waals surface area contributed by atoms with Gasteiger partial charge in [0.25, 0.3) is 0 Å². The molecule has 2 atom stereocenters. The van der Waals surface area contributed by atoms with Gasteiger partial charge in [0.15, 0.2) is 11.5 Å². The largest absolute Gasteiger partial charge is 0.486 e. The van der Waals surface area contributed by atoms with E-state index in [1.165, 1.54) is 0 Å². The number of aliphatic carboxylic acids is 1. The van der Waals surface area contributed by atoms with Crippen LogP contribution < -0.4 is 20.1 Å². The maximum atomic E-state index is 12.7. The Morgan fingerprint density at radius 2 is 1.93 bits per heavy atom. The second kappa shape index (κ2) is 9.69. The van der Waals surface area contributed by atoms with Gasteiger partial charge in [-0.05, 0) is 42.9 Å². The van der Waals surface area contributed by atoms with Gasteiger partial charge in [0.2, 0.25) is 5.91 Å². The van der Waals surface area contributed by atoms with Crippen LogP contribution in [0.3, 0.4) is 0 Å². The van der Waals surface area contributed by atoms with E-state index < -0.39 is 18.0 Å². The maximum Gasteiger partial charge on any atom is 0.326 e. The highest BCUT2D eigenvalue weighted by molar-refractivity contribution is 5.86. The highest BCUT2D eigenvalue weighted by atomic mass is 16.6. The van der Waals surface area contributed by atoms with E-state index in [1.54, 1.807) is 4.90 Å². The van der Waals surface area contributed by atoms with E-state index in [4.69, 9.17) is 9.47 Å². The summed E-state index contributed by atoms with van der Waals surface area (Å²) in [6.45, 7) is 5.19. The number of fused-ring (bicyclic) bond motifs is 1. The van der Waals surface area contributed by atoms with E-state index in [2.05, 4.69) is 10.6 Å². The van der Waals surface area contributed by atoms with Gasteiger partial charge < -0.3 is 30.1 Å². The molecule has 0 bridgehead atoms. The molecule has 2 aliphatic heterocycles. The van der Waals surface area contributed by atoms with E-state index >= 15 is 0 Å². The van der Waals surface area contributed by atoms with E-state index in [0.29, 0.717) is 37.7 Å². The number of hydrogen-bond donors (Lipinski definition) is 3. The Labute approximate surface area is 175 Å². The molecule has 0 aliphatic carbocycles. The van der Waals surface area contributed by atoms with Crippen molar-refractivity contribution in [2.75, 3.05) is 26.3 Å². The van der Waals surface area contributed by atoms with E-state index in [-0.39, 0.29) is 24.4 Å². The van der Waals surface area contributed by atoms with Crippen LogP contribution in [0.4, 0.5) is 4.79 Å². The van der Waals surface area contributed by atoms with E-state index in [1.807, 2.05) is 32.0 Å². The molecule has 164 valence electrons. The van der Waals surface area contributed by atoms with Crippen LogP contribution in [0.25, 0.3) is 0 Å². The van der Waals surface area contributed by atoms with Crippen molar-refractivity contribution in [2.24, 2.45) is 5.92 Å². The van der Waals surface area contributed by atoms with Gasteiger partial charge in [-0.1, -0.05) is 19.9 Å². The molecule has 1 aromatic rings. The van der Waals surface area contributed by atoms with Crippen molar-refractivity contribution >= 4 is 17.9 Å². The molecule has 1 saturated heterocycles. The Kier molecular flexibility index (Phi) is 7.02. The Morgan fingerprint density at radius 3 is 2.63 bits per heavy atom. The molecule has 2 heterocycles. The fraction of sp³-hybridized carbons (Fsp3) is 0.571. The number of carboxylic acids is 1. The minimum atomic E-state index is -1.09. The van der Waals surface area contributed by atoms with Crippen molar-refractivity contribution < 1.29 is 29.0 Å². The van der Waals surface area contributed by atoms with Gasteiger partial charge in [-0.2, -0.15) is 0 Å². The fourth-order valence-corrected chi connectivity index (χ4v) is 3.84. The summed E-state index contributed by atoms with van der Waals surface area (Å²) < 4.78 is 11.2. The molecule has 9 heteroatoms. The summed E-state index contributed by atoms with van der Waals surface area (Å²) in [6, 6.07) is 3.97. The number of rotatable bonds is 7. The quantitative estimate of drug-likeness (QED) is 0.622. The molecule has 0 saturated carbocycles. The number of nitrogens with one attached hydrogen (secondary N) is 2. The Bertz CT molecular complexity index is 797. The zero-order valence-corrected chi connectivity index (χ0v) is 17.3. The van der Waals surface area contributed by atoms with Crippen molar-refractivity contribution in [1.29, 1.82) is 0 Å². The first-order valence-electron chi connectivity index (χ1n) is 10.3. The lowest BCUT2D eigenvalue weighted by Crippen LogP contribution is -2.49. The molecule has 9 nitrogen and oxygen atoms in total. The number of ether oxygens (including phenoxy) is 2. The third-order valence-electron chi connectivity index (χ3n) is 5.23. The summed E-state index contributed by atoms with van der Waals surface area (Å²) in [5, 5.41) is 14.1. The maximum absolute atomic E-state index is 12.7. The van der Waals surface area contributed by atoms with Crippen molar-refractivity contribution in [3.8, 4) is 11.5 Å². The molecule has 3 N–H and O–H groups in total. The zero-order valence-electron chi connectivity index (χ0n) is 17.3. The molecule has 0 spiro atoms. The van der Waals surface area contributed by atoms with Crippen molar-refractivity contribution in [3.63, 3.8) is 0 Å². The lowest BCUT2D eigenvalue weighted by molar-refractivity contribution is -0.139. The Hall–Kier alpha value is -2.97. The lowest BCUT2D eigenvalue weighted by Gasteiger charge is -2.27. The van der Waals surface area contributed by atoms with Gasteiger partial charge in [0.1, 0.15) is 19.3 Å². The summed E-state index contributed by atoms with van der Waals surface area (Å²) >= 11 is 0. The van der Waals surface area contributed by atoms with Crippen molar-refractivity contribution in [3.05, 3.63) is 23.8 Å². The van der Waals surface area contributed by atoms with Crippen LogP contribution in [0.15, 0.2) is 18.2 Å². The predicted molar refractivity (Wildman–Crippen MR) is 109 cm³/mol. The molecule has 0 radical (unpaired) electrons. The Morgan fingerprint density at radius 1 is 1.20 bits per heavy atom. The highest BCUT2D eigenvalue weighted by Crippen LogP contribution is 2.38. The second-order valence-corrected chi connectivity index (χ2v) is 8.00. The first-order chi connectivity index (χ1) is 14.3. The summed E-state index contributed by atoms with van der Waals surface area (Å²) in [4.78, 5) is 37.8. The topological polar surface area (TPSA) is 117 Å². The fourth-order valence-electron chi connectivity index (χ4n) is 3.84. The summed E-state index contributed by atoms with van der Waals surface area (Å²) in [6.07, 6.45) is 2.01. The molecule has 3 amide bonds. The van der Waals surface area contributed by atoms with Gasteiger partial charge in [-0.25, -0.2) is 9.59 Å². The molecular formula is C21H29N3O6. The molecule has 0 aromatic heterocycles. The SMILES string of the molecule is CC(C)C[C@@H](NC(=O)NCC(=O)N1CCC[C@@H]1c1ccc2c(c1)OCCO2)C(=O)O. The van der Waals surface area contributed by atoms with Gasteiger partial charge in [-0.3, -0.25) is 4.79 Å². The van der Waals surface area contributed by atoms with Crippen LogP contribution in [-0.4, -0.2) is 60.3 Å². The van der Waals surface area contributed by atoms with Crippen LogP contribution in [0.1, 0.15) is 44.7 Å². The van der Waals surface area contributed by atoms with E-state index in [9.17, 15) is 19.5 Å². The minimum Gasteiger partial charge on any atom is -0.486 e. The number of carbonyl (C=O) groups is 3. The third-order valence-corrected chi connectivity index (χ3v) is 5.23. The predicted octanol–water partition coefficient (Wildman–Crippen LogP) is 1.92. The molecule has 3 rings (SSSR count). The molecule has 2 aliphatic rings. The monoisotopic (exact) mass is 419 g/mol. The van der Waals surface area contributed by atoms with E-state index in [0.717, 1.165) is 18.4 Å². The number of hydrogen-bond acceptors (Lipinski definition) is 5. The third kappa shape index (κ3) is 5.34. The molecule has 30 heavy (non-hydrogen) atoms. The number of likely N-dealkylation sites (tertiary alicyclic amines) is 1. The number of carboxylic acid groups (broad SMARTS) is 1. The standard InChI is InChI=1S/C21H29N3O6/c1-13(2)10-15(20(26)27)23-21(28)22-12-19(25)24-7-3-4-16(24)14-5-6-17-18(11-14)30-9-8-29-17/h5-6,11,13,15-16H,3-4,7-10,12H2,1-2H3,(H,26,27)(H2,22,23,28)/t15-,16-/m1/s1. The van der Waals surface area contributed by atoms with Gasteiger partial charge in [0.05, 0.1) is 12.6 Å². The summed E-state index contributed by atoms with van der Waals surface area (Å²) in [5.74, 6) is 0.195. The van der Waals surface area contributed by atoms with Crippen molar-refractivity contribution in [2.45, 2.75) is 45.2 Å². The van der Waals surface area contributed by atoms with Crippen LogP contribution >= 0.6 is 0 Å². The Balaban J connectivity index is 1.57.